The monoisotopic (exact) mass is 186 g/mol. The molecule has 0 aliphatic heterocycles. The van der Waals surface area contributed by atoms with Gasteiger partial charge in [-0.3, -0.25) is 0 Å². The summed E-state index contributed by atoms with van der Waals surface area (Å²) in [6.07, 6.45) is -1.000. The second-order valence-electron chi connectivity index (χ2n) is 3.63. The van der Waals surface area contributed by atoms with Gasteiger partial charge in [0.05, 0.1) is 0 Å². The Morgan fingerprint density at radius 3 is 2.00 bits per heavy atom. The van der Waals surface area contributed by atoms with E-state index in [9.17, 15) is 9.59 Å². The van der Waals surface area contributed by atoms with E-state index in [4.69, 9.17) is 4.74 Å². The van der Waals surface area contributed by atoms with E-state index in [1.807, 2.05) is 0 Å². The molecule has 0 aromatic carbocycles. The predicted molar refractivity (Wildman–Crippen MR) is 47.1 cm³/mol. The first kappa shape index (κ1) is 11.7. The van der Waals surface area contributed by atoms with Crippen molar-refractivity contribution >= 4 is 12.1 Å². The molecule has 0 spiro atoms. The Balaban J connectivity index is 4.04. The number of ether oxygens (including phenoxy) is 2. The first-order chi connectivity index (χ1) is 5.72. The Morgan fingerprint density at radius 1 is 1.23 bits per heavy atom. The molecule has 4 heteroatoms. The van der Waals surface area contributed by atoms with Crippen molar-refractivity contribution in [2.24, 2.45) is 0 Å². The van der Waals surface area contributed by atoms with Crippen molar-refractivity contribution in [1.82, 2.24) is 0 Å². The minimum absolute atomic E-state index is 0.158. The van der Waals surface area contributed by atoms with Crippen LogP contribution in [0.25, 0.3) is 0 Å². The molecule has 0 aromatic rings. The first-order valence-corrected chi connectivity index (χ1v) is 3.83. The van der Waals surface area contributed by atoms with Crippen LogP contribution in [0.4, 0.5) is 4.79 Å². The summed E-state index contributed by atoms with van der Waals surface area (Å²) in [5.74, 6) is -0.769. The fraction of sp³-hybridized carbons (Fsp3) is 0.556. The molecule has 0 saturated heterocycles. The lowest BCUT2D eigenvalue weighted by Crippen LogP contribution is -2.26. The maximum absolute atomic E-state index is 10.9. The lowest BCUT2D eigenvalue weighted by Gasteiger charge is -2.18. The molecule has 74 valence electrons. The Hall–Kier alpha value is -1.32. The topological polar surface area (TPSA) is 52.6 Å². The Bertz CT molecular complexity index is 234. The van der Waals surface area contributed by atoms with Crippen LogP contribution >= 0.6 is 0 Å². The Morgan fingerprint density at radius 2 is 1.69 bits per heavy atom. The number of carbonyl (C=O) groups is 2. The van der Waals surface area contributed by atoms with Crippen molar-refractivity contribution in [3.05, 3.63) is 12.2 Å². The SMILES string of the molecule is C=C(C)C(=O)OC(=O)OC(C)(C)C. The van der Waals surface area contributed by atoms with Gasteiger partial charge in [-0.15, -0.1) is 0 Å². The molecule has 0 aromatic heterocycles. The van der Waals surface area contributed by atoms with Gasteiger partial charge in [0.1, 0.15) is 5.60 Å². The van der Waals surface area contributed by atoms with Crippen molar-refractivity contribution in [3.8, 4) is 0 Å². The van der Waals surface area contributed by atoms with Crippen molar-refractivity contribution in [2.45, 2.75) is 33.3 Å². The zero-order valence-corrected chi connectivity index (χ0v) is 8.34. The maximum Gasteiger partial charge on any atom is 0.516 e. The first-order valence-electron chi connectivity index (χ1n) is 3.83. The molecule has 0 bridgehead atoms. The summed E-state index contributed by atoms with van der Waals surface area (Å²) in [5, 5.41) is 0. The largest absolute Gasteiger partial charge is 0.516 e. The van der Waals surface area contributed by atoms with Crippen LogP contribution in [0, 0.1) is 0 Å². The highest BCUT2D eigenvalue weighted by Gasteiger charge is 2.20. The highest BCUT2D eigenvalue weighted by atomic mass is 16.7. The van der Waals surface area contributed by atoms with E-state index in [0.717, 1.165) is 0 Å². The molecule has 0 fully saturated rings. The van der Waals surface area contributed by atoms with Gasteiger partial charge in [0.2, 0.25) is 0 Å². The summed E-state index contributed by atoms with van der Waals surface area (Å²) < 4.78 is 9.02. The fourth-order valence-corrected chi connectivity index (χ4v) is 0.434. The summed E-state index contributed by atoms with van der Waals surface area (Å²) in [7, 11) is 0. The molecule has 0 rings (SSSR count). The van der Waals surface area contributed by atoms with Crippen molar-refractivity contribution in [1.29, 1.82) is 0 Å². The average Bonchev–Trinajstić information content (AvgIpc) is 1.81. The number of carbonyl (C=O) groups excluding carboxylic acids is 2. The number of hydrogen-bond donors (Lipinski definition) is 0. The fourth-order valence-electron chi connectivity index (χ4n) is 0.434. The molecule has 0 atom stereocenters. The van der Waals surface area contributed by atoms with Gasteiger partial charge in [0.25, 0.3) is 0 Å². The van der Waals surface area contributed by atoms with Crippen LogP contribution in [0.2, 0.25) is 0 Å². The third-order valence-corrected chi connectivity index (χ3v) is 0.914. The van der Waals surface area contributed by atoms with Crippen molar-refractivity contribution < 1.29 is 19.1 Å². The lowest BCUT2D eigenvalue weighted by atomic mass is 10.2. The molecule has 4 nitrogen and oxygen atoms in total. The van der Waals surface area contributed by atoms with Gasteiger partial charge in [-0.25, -0.2) is 9.59 Å². The molecule has 0 unspecified atom stereocenters. The van der Waals surface area contributed by atoms with E-state index < -0.39 is 17.7 Å². The minimum atomic E-state index is -1.000. The van der Waals surface area contributed by atoms with Crippen LogP contribution < -0.4 is 0 Å². The number of rotatable bonds is 1. The molecule has 0 N–H and O–H groups in total. The standard InChI is InChI=1S/C9H14O4/c1-6(2)7(10)12-8(11)13-9(3,4)5/h1H2,2-5H3. The van der Waals surface area contributed by atoms with Gasteiger partial charge < -0.3 is 9.47 Å². The van der Waals surface area contributed by atoms with Crippen LogP contribution in [-0.2, 0) is 14.3 Å². The van der Waals surface area contributed by atoms with E-state index in [1.165, 1.54) is 6.92 Å². The summed E-state index contributed by atoms with van der Waals surface area (Å²) >= 11 is 0. The van der Waals surface area contributed by atoms with Gasteiger partial charge >= 0.3 is 12.1 Å². The minimum Gasteiger partial charge on any atom is -0.428 e. The third kappa shape index (κ3) is 5.90. The van der Waals surface area contributed by atoms with Crippen LogP contribution in [-0.4, -0.2) is 17.7 Å². The molecule has 0 aliphatic rings. The zero-order chi connectivity index (χ0) is 10.6. The second kappa shape index (κ2) is 4.07. The smallest absolute Gasteiger partial charge is 0.428 e. The zero-order valence-electron chi connectivity index (χ0n) is 8.34. The van der Waals surface area contributed by atoms with Gasteiger partial charge in [-0.05, 0) is 27.7 Å². The molecular weight excluding hydrogens is 172 g/mol. The van der Waals surface area contributed by atoms with E-state index in [1.54, 1.807) is 20.8 Å². The van der Waals surface area contributed by atoms with E-state index in [-0.39, 0.29) is 5.57 Å². The quantitative estimate of drug-likeness (QED) is 0.357. The Labute approximate surface area is 77.5 Å². The summed E-state index contributed by atoms with van der Waals surface area (Å²) in [6.45, 7) is 9.81. The van der Waals surface area contributed by atoms with Crippen molar-refractivity contribution in [2.75, 3.05) is 0 Å². The van der Waals surface area contributed by atoms with Crippen molar-refractivity contribution in [3.63, 3.8) is 0 Å². The Kier molecular flexibility index (Phi) is 3.66. The molecule has 0 amide bonds. The van der Waals surface area contributed by atoms with Gasteiger partial charge in [0, 0.05) is 5.57 Å². The highest BCUT2D eigenvalue weighted by molar-refractivity contribution is 5.93. The predicted octanol–water partition coefficient (Wildman–Crippen LogP) is 2.04. The van der Waals surface area contributed by atoms with E-state index in [0.29, 0.717) is 0 Å². The maximum atomic E-state index is 10.9. The summed E-state index contributed by atoms with van der Waals surface area (Å²) in [6, 6.07) is 0. The van der Waals surface area contributed by atoms with Gasteiger partial charge in [-0.2, -0.15) is 0 Å². The van der Waals surface area contributed by atoms with Crippen LogP contribution in [0.5, 0.6) is 0 Å². The molecule has 0 heterocycles. The molecular formula is C9H14O4. The van der Waals surface area contributed by atoms with E-state index >= 15 is 0 Å². The molecule has 13 heavy (non-hydrogen) atoms. The average molecular weight is 186 g/mol. The summed E-state index contributed by atoms with van der Waals surface area (Å²) in [4.78, 5) is 21.7. The third-order valence-electron chi connectivity index (χ3n) is 0.914. The van der Waals surface area contributed by atoms with Gasteiger partial charge in [-0.1, -0.05) is 6.58 Å². The normalized spacial score (nSPS) is 10.5. The molecule has 0 saturated carbocycles. The number of hydrogen-bond acceptors (Lipinski definition) is 4. The van der Waals surface area contributed by atoms with Gasteiger partial charge in [0.15, 0.2) is 0 Å². The van der Waals surface area contributed by atoms with Crippen LogP contribution in [0.15, 0.2) is 12.2 Å². The van der Waals surface area contributed by atoms with Crippen LogP contribution in [0.3, 0.4) is 0 Å². The molecule has 0 aliphatic carbocycles. The summed E-state index contributed by atoms with van der Waals surface area (Å²) in [5.41, 5.74) is -0.502. The lowest BCUT2D eigenvalue weighted by molar-refractivity contribution is -0.136. The molecule has 0 radical (unpaired) electrons. The van der Waals surface area contributed by atoms with Crippen LogP contribution in [0.1, 0.15) is 27.7 Å². The highest BCUT2D eigenvalue weighted by Crippen LogP contribution is 2.08. The second-order valence-corrected chi connectivity index (χ2v) is 3.63. The number of esters is 1. The van der Waals surface area contributed by atoms with E-state index in [2.05, 4.69) is 11.3 Å².